The lowest BCUT2D eigenvalue weighted by Gasteiger charge is -2.24. The Bertz CT molecular complexity index is 140. The zero-order chi connectivity index (χ0) is 10.4. The number of hydrogen-bond donors (Lipinski definition) is 0. The molecule has 0 aromatic heterocycles. The maximum Gasteiger partial charge on any atom is 0.140 e. The van der Waals surface area contributed by atoms with Gasteiger partial charge in [0.05, 0.1) is 0 Å². The van der Waals surface area contributed by atoms with Gasteiger partial charge in [0.15, 0.2) is 0 Å². The number of rotatable bonds is 6. The fourth-order valence-electron chi connectivity index (χ4n) is 1.86. The third-order valence-corrected chi connectivity index (χ3v) is 3.43. The maximum absolute atomic E-state index is 6.37. The van der Waals surface area contributed by atoms with Gasteiger partial charge in [-0.2, -0.15) is 0 Å². The minimum Gasteiger partial charge on any atom is -0.274 e. The fraction of sp³-hybridized carbons (Fsp3) is 1.00. The molecular formula is C11H24Cl2N2. The molecule has 2 nitrogen and oxygen atoms in total. The number of nitrogens with zero attached hydrogens (tertiary/aromatic N) is 2. The summed E-state index contributed by atoms with van der Waals surface area (Å²) in [5.74, 6) is 0. The Balaban J connectivity index is 0.00000196. The van der Waals surface area contributed by atoms with Crippen LogP contribution in [0.5, 0.6) is 0 Å². The zero-order valence-electron chi connectivity index (χ0n) is 9.91. The quantitative estimate of drug-likeness (QED) is 0.531. The van der Waals surface area contributed by atoms with Crippen LogP contribution in [0.3, 0.4) is 0 Å². The zero-order valence-corrected chi connectivity index (χ0v) is 11.5. The third-order valence-electron chi connectivity index (χ3n) is 2.87. The monoisotopic (exact) mass is 254 g/mol. The highest BCUT2D eigenvalue weighted by Crippen LogP contribution is 2.19. The van der Waals surface area contributed by atoms with Crippen molar-refractivity contribution in [1.29, 1.82) is 0 Å². The predicted octanol–water partition coefficient (Wildman–Crippen LogP) is 3.15. The molecule has 1 saturated heterocycles. The van der Waals surface area contributed by atoms with Gasteiger partial charge in [-0.25, -0.2) is 0 Å². The largest absolute Gasteiger partial charge is 0.274 e. The molecule has 0 radical (unpaired) electrons. The normalized spacial score (nSPS) is 19.4. The second kappa shape index (κ2) is 8.63. The van der Waals surface area contributed by atoms with Crippen LogP contribution in [0.25, 0.3) is 0 Å². The van der Waals surface area contributed by atoms with E-state index in [1.807, 2.05) is 0 Å². The Morgan fingerprint density at radius 1 is 1.00 bits per heavy atom. The first-order chi connectivity index (χ1) is 6.79. The third kappa shape index (κ3) is 4.90. The van der Waals surface area contributed by atoms with Gasteiger partial charge in [0.25, 0.3) is 0 Å². The lowest BCUT2D eigenvalue weighted by molar-refractivity contribution is 0.204. The van der Waals surface area contributed by atoms with Crippen LogP contribution in [0.15, 0.2) is 0 Å². The van der Waals surface area contributed by atoms with Crippen molar-refractivity contribution < 1.29 is 0 Å². The highest BCUT2D eigenvalue weighted by atomic mass is 35.5. The summed E-state index contributed by atoms with van der Waals surface area (Å²) in [6.45, 7) is 9.08. The van der Waals surface area contributed by atoms with Gasteiger partial charge < -0.3 is 0 Å². The molecule has 1 aliphatic rings. The van der Waals surface area contributed by atoms with E-state index >= 15 is 0 Å². The minimum atomic E-state index is 0. The molecule has 0 bridgehead atoms. The molecule has 92 valence electrons. The second-order valence-corrected chi connectivity index (χ2v) is 4.48. The van der Waals surface area contributed by atoms with Crippen LogP contribution < -0.4 is 0 Å². The Hall–Kier alpha value is 0.500. The van der Waals surface area contributed by atoms with Gasteiger partial charge in [-0.15, -0.1) is 12.4 Å². The number of halogens is 2. The SMILES string of the molecule is CCCCN1CCN(CCCC)C1Cl.Cl. The van der Waals surface area contributed by atoms with Gasteiger partial charge in [0.1, 0.15) is 5.62 Å². The van der Waals surface area contributed by atoms with Gasteiger partial charge in [0.2, 0.25) is 0 Å². The first-order valence-corrected chi connectivity index (χ1v) is 6.35. The Labute approximate surface area is 105 Å². The molecule has 4 heteroatoms. The van der Waals surface area contributed by atoms with Crippen molar-refractivity contribution in [2.45, 2.75) is 45.2 Å². The van der Waals surface area contributed by atoms with Gasteiger partial charge in [-0.1, -0.05) is 38.3 Å². The minimum absolute atomic E-state index is 0. The van der Waals surface area contributed by atoms with Crippen LogP contribution in [0, 0.1) is 0 Å². The van der Waals surface area contributed by atoms with E-state index in [0.29, 0.717) is 0 Å². The highest BCUT2D eigenvalue weighted by molar-refractivity contribution is 6.20. The van der Waals surface area contributed by atoms with Crippen LogP contribution in [-0.4, -0.2) is 41.6 Å². The average Bonchev–Trinajstić information content (AvgIpc) is 2.54. The molecule has 0 atom stereocenters. The topological polar surface area (TPSA) is 6.48 Å². The summed E-state index contributed by atoms with van der Waals surface area (Å²) in [5, 5.41) is 0. The highest BCUT2D eigenvalue weighted by Gasteiger charge is 2.28. The molecule has 0 aliphatic carbocycles. The van der Waals surface area contributed by atoms with E-state index in [9.17, 15) is 0 Å². The van der Waals surface area contributed by atoms with E-state index in [0.717, 1.165) is 26.2 Å². The van der Waals surface area contributed by atoms with Crippen LogP contribution in [0.2, 0.25) is 0 Å². The van der Waals surface area contributed by atoms with E-state index in [-0.39, 0.29) is 18.0 Å². The summed E-state index contributed by atoms with van der Waals surface area (Å²) in [6.07, 6.45) is 5.06. The second-order valence-electron chi connectivity index (χ2n) is 4.09. The van der Waals surface area contributed by atoms with Crippen molar-refractivity contribution in [3.8, 4) is 0 Å². The molecule has 0 aromatic carbocycles. The summed E-state index contributed by atoms with van der Waals surface area (Å²) >= 11 is 6.37. The first-order valence-electron chi connectivity index (χ1n) is 5.91. The molecular weight excluding hydrogens is 231 g/mol. The van der Waals surface area contributed by atoms with Crippen molar-refractivity contribution >= 4 is 24.0 Å². The number of hydrogen-bond acceptors (Lipinski definition) is 2. The van der Waals surface area contributed by atoms with Crippen LogP contribution in [-0.2, 0) is 0 Å². The van der Waals surface area contributed by atoms with E-state index in [1.54, 1.807) is 0 Å². The molecule has 1 aliphatic heterocycles. The fourth-order valence-corrected chi connectivity index (χ4v) is 2.25. The van der Waals surface area contributed by atoms with Crippen molar-refractivity contribution in [3.05, 3.63) is 0 Å². The standard InChI is InChI=1S/C11H23ClN2.ClH/c1-3-5-7-13-9-10-14(11(13)12)8-6-4-2;/h11H,3-10H2,1-2H3;1H. The van der Waals surface area contributed by atoms with E-state index in [2.05, 4.69) is 23.6 Å². The van der Waals surface area contributed by atoms with Gasteiger partial charge in [-0.05, 0) is 12.8 Å². The van der Waals surface area contributed by atoms with Crippen molar-refractivity contribution in [1.82, 2.24) is 9.80 Å². The predicted molar refractivity (Wildman–Crippen MR) is 69.9 cm³/mol. The number of alkyl halides is 1. The molecule has 0 unspecified atom stereocenters. The summed E-state index contributed by atoms with van der Waals surface area (Å²) in [6, 6.07) is 0. The van der Waals surface area contributed by atoms with Gasteiger partial charge >= 0.3 is 0 Å². The molecule has 0 amide bonds. The summed E-state index contributed by atoms with van der Waals surface area (Å²) in [4.78, 5) is 4.78. The van der Waals surface area contributed by atoms with E-state index < -0.39 is 0 Å². The molecule has 0 aromatic rings. The Morgan fingerprint density at radius 2 is 1.40 bits per heavy atom. The average molecular weight is 255 g/mol. The molecule has 0 spiro atoms. The molecule has 1 heterocycles. The summed E-state index contributed by atoms with van der Waals surface area (Å²) < 4.78 is 0. The summed E-state index contributed by atoms with van der Waals surface area (Å²) in [7, 11) is 0. The Morgan fingerprint density at radius 3 is 1.73 bits per heavy atom. The smallest absolute Gasteiger partial charge is 0.140 e. The maximum atomic E-state index is 6.37. The Kier molecular flexibility index (Phi) is 8.92. The first kappa shape index (κ1) is 15.5. The van der Waals surface area contributed by atoms with Crippen molar-refractivity contribution in [2.24, 2.45) is 0 Å². The van der Waals surface area contributed by atoms with Crippen LogP contribution in [0.4, 0.5) is 0 Å². The lowest BCUT2D eigenvalue weighted by atomic mass is 10.3. The van der Waals surface area contributed by atoms with E-state index in [1.165, 1.54) is 25.7 Å². The van der Waals surface area contributed by atoms with Gasteiger partial charge in [0, 0.05) is 26.2 Å². The summed E-state index contributed by atoms with van der Waals surface area (Å²) in [5.41, 5.74) is 0.160. The lowest BCUT2D eigenvalue weighted by Crippen LogP contribution is -2.35. The van der Waals surface area contributed by atoms with Crippen LogP contribution >= 0.6 is 24.0 Å². The van der Waals surface area contributed by atoms with Gasteiger partial charge in [-0.3, -0.25) is 9.80 Å². The van der Waals surface area contributed by atoms with Crippen molar-refractivity contribution in [3.63, 3.8) is 0 Å². The molecule has 15 heavy (non-hydrogen) atoms. The molecule has 1 rings (SSSR count). The molecule has 1 fully saturated rings. The van der Waals surface area contributed by atoms with E-state index in [4.69, 9.17) is 11.6 Å². The molecule has 0 saturated carbocycles. The molecule has 0 N–H and O–H groups in total. The van der Waals surface area contributed by atoms with Crippen molar-refractivity contribution in [2.75, 3.05) is 26.2 Å². The van der Waals surface area contributed by atoms with Crippen LogP contribution in [0.1, 0.15) is 39.5 Å². The number of unbranched alkanes of at least 4 members (excludes halogenated alkanes) is 2.